The first-order chi connectivity index (χ1) is 14.3. The molecule has 7 heteroatoms. The highest BCUT2D eigenvalue weighted by Gasteiger charge is 2.28. The number of anilines is 2. The fraction of sp³-hybridized carbons (Fsp3) is 0.261. The normalized spacial score (nSPS) is 11.1. The van der Waals surface area contributed by atoms with Crippen LogP contribution < -0.4 is 14.8 Å². The van der Waals surface area contributed by atoms with E-state index in [0.717, 1.165) is 28.3 Å². The number of methoxy groups -OCH3 is 2. The summed E-state index contributed by atoms with van der Waals surface area (Å²) in [6.45, 7) is 3.39. The van der Waals surface area contributed by atoms with Gasteiger partial charge in [-0.2, -0.15) is 0 Å². The van der Waals surface area contributed by atoms with Gasteiger partial charge in [-0.3, -0.25) is 4.79 Å². The highest BCUT2D eigenvalue weighted by atomic mass is 16.5. The molecule has 1 aromatic heterocycles. The van der Waals surface area contributed by atoms with E-state index in [9.17, 15) is 9.90 Å². The number of carbonyl (C=O) groups is 1. The van der Waals surface area contributed by atoms with Crippen LogP contribution in [0.25, 0.3) is 11.3 Å². The minimum Gasteiger partial charge on any atom is -0.496 e. The molecule has 0 spiro atoms. The Morgan fingerprint density at radius 1 is 1.03 bits per heavy atom. The fourth-order valence-electron chi connectivity index (χ4n) is 3.12. The van der Waals surface area contributed by atoms with E-state index in [0.29, 0.717) is 18.0 Å². The van der Waals surface area contributed by atoms with Gasteiger partial charge in [-0.05, 0) is 56.2 Å². The molecule has 1 heterocycles. The first-order valence-electron chi connectivity index (χ1n) is 9.47. The summed E-state index contributed by atoms with van der Waals surface area (Å²) in [6.07, 6.45) is 1.82. The SMILES string of the molecule is COc1ccc(Nc2cc(-c3ccccc3OC)ncn2)cc1CC(C)(C)C(=O)O. The van der Waals surface area contributed by atoms with Crippen molar-refractivity contribution in [3.05, 3.63) is 60.4 Å². The van der Waals surface area contributed by atoms with Gasteiger partial charge in [0.15, 0.2) is 0 Å². The second-order valence-electron chi connectivity index (χ2n) is 7.51. The van der Waals surface area contributed by atoms with Crippen molar-refractivity contribution in [2.45, 2.75) is 20.3 Å². The summed E-state index contributed by atoms with van der Waals surface area (Å²) in [7, 11) is 3.19. The van der Waals surface area contributed by atoms with Crippen LogP contribution in [0.2, 0.25) is 0 Å². The van der Waals surface area contributed by atoms with Crippen LogP contribution in [0.3, 0.4) is 0 Å². The van der Waals surface area contributed by atoms with E-state index in [-0.39, 0.29) is 0 Å². The molecule has 0 aliphatic rings. The first-order valence-corrected chi connectivity index (χ1v) is 9.47. The van der Waals surface area contributed by atoms with Gasteiger partial charge in [0, 0.05) is 17.3 Å². The van der Waals surface area contributed by atoms with E-state index in [1.807, 2.05) is 48.5 Å². The van der Waals surface area contributed by atoms with Crippen LogP contribution in [0, 0.1) is 5.41 Å². The highest BCUT2D eigenvalue weighted by molar-refractivity contribution is 5.74. The molecule has 0 aliphatic carbocycles. The van der Waals surface area contributed by atoms with Crippen LogP contribution in [0.4, 0.5) is 11.5 Å². The summed E-state index contributed by atoms with van der Waals surface area (Å²) >= 11 is 0. The van der Waals surface area contributed by atoms with E-state index in [1.165, 1.54) is 6.33 Å². The number of aliphatic carboxylic acids is 1. The van der Waals surface area contributed by atoms with Gasteiger partial charge in [-0.15, -0.1) is 0 Å². The van der Waals surface area contributed by atoms with E-state index in [1.54, 1.807) is 28.1 Å². The largest absolute Gasteiger partial charge is 0.496 e. The van der Waals surface area contributed by atoms with Gasteiger partial charge in [0.25, 0.3) is 0 Å². The molecule has 0 saturated heterocycles. The van der Waals surface area contributed by atoms with Gasteiger partial charge in [-0.1, -0.05) is 12.1 Å². The maximum atomic E-state index is 11.5. The summed E-state index contributed by atoms with van der Waals surface area (Å²) in [4.78, 5) is 20.2. The average molecular weight is 407 g/mol. The monoisotopic (exact) mass is 407 g/mol. The Morgan fingerprint density at radius 2 is 1.77 bits per heavy atom. The molecule has 7 nitrogen and oxygen atoms in total. The summed E-state index contributed by atoms with van der Waals surface area (Å²) in [5.74, 6) is 1.12. The number of nitrogens with zero attached hydrogens (tertiary/aromatic N) is 2. The van der Waals surface area contributed by atoms with Crippen LogP contribution in [-0.2, 0) is 11.2 Å². The lowest BCUT2D eigenvalue weighted by Crippen LogP contribution is -2.26. The van der Waals surface area contributed by atoms with E-state index in [2.05, 4.69) is 15.3 Å². The standard InChI is InChI=1S/C23H25N3O4/c1-23(2,22(27)28)13-15-11-16(9-10-19(15)29-3)26-21-12-18(24-14-25-21)17-7-5-6-8-20(17)30-4/h5-12,14H,13H2,1-4H3,(H,27,28)(H,24,25,26). The Kier molecular flexibility index (Phi) is 6.20. The maximum Gasteiger partial charge on any atom is 0.309 e. The van der Waals surface area contributed by atoms with Crippen LogP contribution >= 0.6 is 0 Å². The number of rotatable bonds is 8. The highest BCUT2D eigenvalue weighted by Crippen LogP contribution is 2.32. The van der Waals surface area contributed by atoms with Gasteiger partial charge in [-0.25, -0.2) is 9.97 Å². The van der Waals surface area contributed by atoms with Crippen molar-refractivity contribution in [2.24, 2.45) is 5.41 Å². The van der Waals surface area contributed by atoms with Crippen molar-refractivity contribution in [2.75, 3.05) is 19.5 Å². The minimum atomic E-state index is -0.919. The Balaban J connectivity index is 1.90. The quantitative estimate of drug-likeness (QED) is 0.565. The van der Waals surface area contributed by atoms with Gasteiger partial charge in [0.2, 0.25) is 0 Å². The van der Waals surface area contributed by atoms with E-state index in [4.69, 9.17) is 9.47 Å². The molecule has 2 N–H and O–H groups in total. The topological polar surface area (TPSA) is 93.6 Å². The molecule has 0 radical (unpaired) electrons. The lowest BCUT2D eigenvalue weighted by molar-refractivity contribution is -0.146. The number of para-hydroxylation sites is 1. The summed E-state index contributed by atoms with van der Waals surface area (Å²) in [5.41, 5.74) is 2.25. The van der Waals surface area contributed by atoms with Crippen molar-refractivity contribution in [3.8, 4) is 22.8 Å². The Labute approximate surface area is 175 Å². The molecule has 156 valence electrons. The molecular weight excluding hydrogens is 382 g/mol. The maximum absolute atomic E-state index is 11.5. The van der Waals surface area contributed by atoms with Gasteiger partial charge < -0.3 is 19.9 Å². The Morgan fingerprint density at radius 3 is 2.47 bits per heavy atom. The van der Waals surface area contributed by atoms with Gasteiger partial charge >= 0.3 is 5.97 Å². The average Bonchev–Trinajstić information content (AvgIpc) is 2.74. The molecule has 0 saturated carbocycles. The third-order valence-corrected chi connectivity index (χ3v) is 4.81. The van der Waals surface area contributed by atoms with Gasteiger partial charge in [0.1, 0.15) is 23.6 Å². The smallest absolute Gasteiger partial charge is 0.309 e. The van der Waals surface area contributed by atoms with Crippen LogP contribution in [0.15, 0.2) is 54.9 Å². The molecule has 0 fully saturated rings. The number of aromatic nitrogens is 2. The molecule has 0 unspecified atom stereocenters. The lowest BCUT2D eigenvalue weighted by atomic mass is 9.85. The van der Waals surface area contributed by atoms with Crippen molar-refractivity contribution in [3.63, 3.8) is 0 Å². The first kappa shape index (κ1) is 21.1. The van der Waals surface area contributed by atoms with Crippen molar-refractivity contribution in [1.29, 1.82) is 0 Å². The predicted molar refractivity (Wildman–Crippen MR) is 115 cm³/mol. The third-order valence-electron chi connectivity index (χ3n) is 4.81. The zero-order valence-corrected chi connectivity index (χ0v) is 17.5. The van der Waals surface area contributed by atoms with Crippen LogP contribution in [0.5, 0.6) is 11.5 Å². The minimum absolute atomic E-state index is 0.331. The van der Waals surface area contributed by atoms with Crippen molar-refractivity contribution < 1.29 is 19.4 Å². The van der Waals surface area contributed by atoms with Crippen molar-refractivity contribution in [1.82, 2.24) is 9.97 Å². The third kappa shape index (κ3) is 4.68. The fourth-order valence-corrected chi connectivity index (χ4v) is 3.12. The number of hydrogen-bond donors (Lipinski definition) is 2. The Bertz CT molecular complexity index is 1050. The zero-order valence-electron chi connectivity index (χ0n) is 17.5. The molecule has 0 bridgehead atoms. The second-order valence-corrected chi connectivity index (χ2v) is 7.51. The molecule has 3 aromatic rings. The van der Waals surface area contributed by atoms with Gasteiger partial charge in [0.05, 0.1) is 25.3 Å². The van der Waals surface area contributed by atoms with Crippen LogP contribution in [0.1, 0.15) is 19.4 Å². The van der Waals surface area contributed by atoms with E-state index < -0.39 is 11.4 Å². The molecular formula is C23H25N3O4. The Hall–Kier alpha value is -3.61. The number of hydrogen-bond acceptors (Lipinski definition) is 6. The number of ether oxygens (including phenoxy) is 2. The zero-order chi connectivity index (χ0) is 21.7. The number of nitrogens with one attached hydrogen (secondary N) is 1. The second kappa shape index (κ2) is 8.82. The summed E-state index contributed by atoms with van der Waals surface area (Å²) in [6, 6.07) is 15.0. The van der Waals surface area contributed by atoms with Crippen LogP contribution in [-0.4, -0.2) is 35.3 Å². The molecule has 0 atom stereocenters. The van der Waals surface area contributed by atoms with Crippen molar-refractivity contribution >= 4 is 17.5 Å². The lowest BCUT2D eigenvalue weighted by Gasteiger charge is -2.21. The van der Waals surface area contributed by atoms with E-state index >= 15 is 0 Å². The molecule has 0 amide bonds. The predicted octanol–water partition coefficient (Wildman–Crippen LogP) is 4.56. The molecule has 3 rings (SSSR count). The molecule has 2 aromatic carbocycles. The molecule has 30 heavy (non-hydrogen) atoms. The summed E-state index contributed by atoms with van der Waals surface area (Å²) < 4.78 is 10.8. The summed E-state index contributed by atoms with van der Waals surface area (Å²) in [5, 5.41) is 12.7. The number of benzene rings is 2. The number of carboxylic acid groups (broad SMARTS) is 1. The number of carboxylic acids is 1. The molecule has 0 aliphatic heterocycles.